The van der Waals surface area contributed by atoms with Crippen molar-refractivity contribution in [2.45, 2.75) is 6.04 Å². The summed E-state index contributed by atoms with van der Waals surface area (Å²) in [6.45, 7) is 4.75. The Morgan fingerprint density at radius 2 is 2.11 bits per heavy atom. The van der Waals surface area contributed by atoms with Crippen molar-refractivity contribution in [3.63, 3.8) is 0 Å². The Morgan fingerprint density at radius 1 is 1.33 bits per heavy atom. The standard InChI is InChI=1S/C11H21N5O2/c1-14-2-3-15(9(6-12)8-14)4-5-16-10(17)7-13-11(16)18/h9H,2-8,12H2,1H3,(H,13,18). The zero-order valence-electron chi connectivity index (χ0n) is 10.8. The zero-order valence-corrected chi connectivity index (χ0v) is 10.8. The monoisotopic (exact) mass is 255 g/mol. The van der Waals surface area contributed by atoms with Crippen LogP contribution < -0.4 is 11.1 Å². The van der Waals surface area contributed by atoms with Gasteiger partial charge in [-0.2, -0.15) is 0 Å². The molecule has 1 atom stereocenters. The van der Waals surface area contributed by atoms with Gasteiger partial charge in [-0.1, -0.05) is 0 Å². The number of piperazine rings is 1. The first kappa shape index (κ1) is 13.3. The molecule has 0 saturated carbocycles. The number of urea groups is 1. The van der Waals surface area contributed by atoms with Crippen LogP contribution in [0.3, 0.4) is 0 Å². The van der Waals surface area contributed by atoms with E-state index >= 15 is 0 Å². The molecule has 7 nitrogen and oxygen atoms in total. The summed E-state index contributed by atoms with van der Waals surface area (Å²) in [6.07, 6.45) is 0. The summed E-state index contributed by atoms with van der Waals surface area (Å²) in [5.41, 5.74) is 5.77. The highest BCUT2D eigenvalue weighted by molar-refractivity contribution is 6.01. The van der Waals surface area contributed by atoms with Gasteiger partial charge in [-0.25, -0.2) is 4.79 Å². The molecule has 2 heterocycles. The molecule has 2 rings (SSSR count). The molecule has 2 aliphatic rings. The lowest BCUT2D eigenvalue weighted by Crippen LogP contribution is -2.56. The number of imide groups is 1. The van der Waals surface area contributed by atoms with E-state index in [0.717, 1.165) is 19.6 Å². The average molecular weight is 255 g/mol. The Bertz CT molecular complexity index is 319. The number of nitrogens with two attached hydrogens (primary N) is 1. The van der Waals surface area contributed by atoms with Crippen LogP contribution in [0.2, 0.25) is 0 Å². The SMILES string of the molecule is CN1CCN(CCN2C(=O)CNC2=O)C(CN)C1. The Balaban J connectivity index is 1.85. The third-order valence-corrected chi connectivity index (χ3v) is 3.63. The number of carbonyl (C=O) groups is 2. The van der Waals surface area contributed by atoms with E-state index in [2.05, 4.69) is 22.2 Å². The van der Waals surface area contributed by atoms with E-state index in [1.54, 1.807) is 0 Å². The first-order valence-corrected chi connectivity index (χ1v) is 6.32. The van der Waals surface area contributed by atoms with E-state index in [0.29, 0.717) is 25.7 Å². The molecule has 102 valence electrons. The maximum absolute atomic E-state index is 11.5. The summed E-state index contributed by atoms with van der Waals surface area (Å²) in [5.74, 6) is -0.140. The summed E-state index contributed by atoms with van der Waals surface area (Å²) in [5, 5.41) is 2.53. The molecule has 3 N–H and O–H groups in total. The van der Waals surface area contributed by atoms with Crippen molar-refractivity contribution in [3.05, 3.63) is 0 Å². The van der Waals surface area contributed by atoms with Gasteiger partial charge >= 0.3 is 6.03 Å². The summed E-state index contributed by atoms with van der Waals surface area (Å²) in [6, 6.07) is 0.0305. The second-order valence-corrected chi connectivity index (χ2v) is 4.89. The minimum absolute atomic E-state index is 0.127. The summed E-state index contributed by atoms with van der Waals surface area (Å²) < 4.78 is 0. The first-order chi connectivity index (χ1) is 8.61. The fourth-order valence-electron chi connectivity index (χ4n) is 2.48. The lowest BCUT2D eigenvalue weighted by Gasteiger charge is -2.39. The van der Waals surface area contributed by atoms with Crippen molar-refractivity contribution in [1.29, 1.82) is 0 Å². The molecule has 7 heteroatoms. The minimum Gasteiger partial charge on any atom is -0.329 e. The second kappa shape index (κ2) is 5.64. The van der Waals surface area contributed by atoms with Crippen molar-refractivity contribution in [2.24, 2.45) is 5.73 Å². The van der Waals surface area contributed by atoms with Gasteiger partial charge in [-0.15, -0.1) is 0 Å². The van der Waals surface area contributed by atoms with Gasteiger partial charge in [0.2, 0.25) is 5.91 Å². The molecule has 0 bridgehead atoms. The summed E-state index contributed by atoms with van der Waals surface area (Å²) in [4.78, 5) is 28.7. The van der Waals surface area contributed by atoms with E-state index < -0.39 is 0 Å². The van der Waals surface area contributed by atoms with E-state index in [4.69, 9.17) is 5.73 Å². The number of amides is 3. The van der Waals surface area contributed by atoms with Gasteiger partial charge in [-0.05, 0) is 7.05 Å². The quantitative estimate of drug-likeness (QED) is 0.574. The van der Waals surface area contributed by atoms with Gasteiger partial charge in [0.1, 0.15) is 0 Å². The second-order valence-electron chi connectivity index (χ2n) is 4.89. The molecule has 0 aliphatic carbocycles. The highest BCUT2D eigenvalue weighted by Gasteiger charge is 2.30. The number of nitrogens with one attached hydrogen (secondary N) is 1. The van der Waals surface area contributed by atoms with Crippen molar-refractivity contribution in [1.82, 2.24) is 20.0 Å². The molecule has 0 aromatic carbocycles. The molecule has 2 saturated heterocycles. The van der Waals surface area contributed by atoms with Crippen LogP contribution in [0.15, 0.2) is 0 Å². The molecule has 2 aliphatic heterocycles. The Morgan fingerprint density at radius 3 is 2.72 bits per heavy atom. The van der Waals surface area contributed by atoms with Gasteiger partial charge in [-0.3, -0.25) is 14.6 Å². The predicted octanol–water partition coefficient (Wildman–Crippen LogP) is -1.89. The molecular weight excluding hydrogens is 234 g/mol. The van der Waals surface area contributed by atoms with E-state index in [9.17, 15) is 9.59 Å². The third-order valence-electron chi connectivity index (χ3n) is 3.63. The van der Waals surface area contributed by atoms with Crippen LogP contribution in [0.5, 0.6) is 0 Å². The van der Waals surface area contributed by atoms with Crippen LogP contribution >= 0.6 is 0 Å². The lowest BCUT2D eigenvalue weighted by molar-refractivity contribution is -0.125. The highest BCUT2D eigenvalue weighted by Crippen LogP contribution is 2.08. The van der Waals surface area contributed by atoms with Gasteiger partial charge in [0.05, 0.1) is 6.54 Å². The molecule has 1 unspecified atom stereocenters. The topological polar surface area (TPSA) is 81.9 Å². The number of hydrogen-bond acceptors (Lipinski definition) is 5. The van der Waals surface area contributed by atoms with Crippen LogP contribution in [-0.4, -0.2) is 85.5 Å². The number of hydrogen-bond donors (Lipinski definition) is 2. The smallest absolute Gasteiger partial charge is 0.324 e. The molecule has 0 radical (unpaired) electrons. The summed E-state index contributed by atoms with van der Waals surface area (Å²) >= 11 is 0. The molecule has 18 heavy (non-hydrogen) atoms. The normalized spacial score (nSPS) is 26.8. The Kier molecular flexibility index (Phi) is 4.15. The van der Waals surface area contributed by atoms with Crippen LogP contribution in [0.25, 0.3) is 0 Å². The first-order valence-electron chi connectivity index (χ1n) is 6.32. The van der Waals surface area contributed by atoms with Crippen LogP contribution in [0, 0.1) is 0 Å². The maximum atomic E-state index is 11.5. The van der Waals surface area contributed by atoms with Gasteiger partial charge in [0.25, 0.3) is 0 Å². The van der Waals surface area contributed by atoms with Crippen molar-refractivity contribution in [3.8, 4) is 0 Å². The predicted molar refractivity (Wildman–Crippen MR) is 67.0 cm³/mol. The van der Waals surface area contributed by atoms with E-state index in [1.807, 2.05) is 0 Å². The van der Waals surface area contributed by atoms with Crippen molar-refractivity contribution >= 4 is 11.9 Å². The van der Waals surface area contributed by atoms with E-state index in [-0.39, 0.29) is 18.5 Å². The summed E-state index contributed by atoms with van der Waals surface area (Å²) in [7, 11) is 2.08. The third kappa shape index (κ3) is 2.80. The van der Waals surface area contributed by atoms with Crippen molar-refractivity contribution < 1.29 is 9.59 Å². The minimum atomic E-state index is -0.279. The highest BCUT2D eigenvalue weighted by atomic mass is 16.2. The molecule has 0 spiro atoms. The number of carbonyl (C=O) groups excluding carboxylic acids is 2. The average Bonchev–Trinajstić information content (AvgIpc) is 2.68. The molecule has 3 amide bonds. The number of nitrogens with zero attached hydrogens (tertiary/aromatic N) is 3. The zero-order chi connectivity index (χ0) is 13.1. The fourth-order valence-corrected chi connectivity index (χ4v) is 2.48. The number of rotatable bonds is 4. The van der Waals surface area contributed by atoms with Crippen LogP contribution in [-0.2, 0) is 4.79 Å². The largest absolute Gasteiger partial charge is 0.329 e. The molecule has 0 aromatic heterocycles. The number of likely N-dealkylation sites (N-methyl/N-ethyl adjacent to an activating group) is 1. The Labute approximate surface area is 107 Å². The molecule has 0 aromatic rings. The molecular formula is C11H21N5O2. The van der Waals surface area contributed by atoms with Gasteiger partial charge in [0, 0.05) is 45.3 Å². The lowest BCUT2D eigenvalue weighted by atomic mass is 10.1. The van der Waals surface area contributed by atoms with E-state index in [1.165, 1.54) is 4.90 Å². The van der Waals surface area contributed by atoms with Gasteiger partial charge < -0.3 is 16.0 Å². The maximum Gasteiger partial charge on any atom is 0.324 e. The fraction of sp³-hybridized carbons (Fsp3) is 0.818. The molecule has 2 fully saturated rings. The van der Waals surface area contributed by atoms with Crippen LogP contribution in [0.4, 0.5) is 4.79 Å². The Hall–Kier alpha value is -1.18. The van der Waals surface area contributed by atoms with Gasteiger partial charge in [0.15, 0.2) is 0 Å². The van der Waals surface area contributed by atoms with Crippen molar-refractivity contribution in [2.75, 3.05) is 52.9 Å². The van der Waals surface area contributed by atoms with Crippen LogP contribution in [0.1, 0.15) is 0 Å².